The van der Waals surface area contributed by atoms with Crippen LogP contribution in [0.1, 0.15) is 5.56 Å². The minimum Gasteiger partial charge on any atom is -0.497 e. The quantitative estimate of drug-likeness (QED) is 0.791. The molecule has 1 heterocycles. The zero-order chi connectivity index (χ0) is 12.8. The fraction of sp³-hybridized carbons (Fsp3) is 0.214. The van der Waals surface area contributed by atoms with Crippen LogP contribution in [-0.4, -0.2) is 18.6 Å². The number of nitrogens with one attached hydrogen (secondary N) is 1. The predicted molar refractivity (Wildman–Crippen MR) is 73.8 cm³/mol. The highest BCUT2D eigenvalue weighted by Crippen LogP contribution is 2.23. The van der Waals surface area contributed by atoms with E-state index < -0.39 is 0 Å². The van der Waals surface area contributed by atoms with E-state index in [1.165, 1.54) is 5.56 Å². The van der Waals surface area contributed by atoms with E-state index in [0.29, 0.717) is 5.69 Å². The van der Waals surface area contributed by atoms with Gasteiger partial charge in [-0.25, -0.2) is 0 Å². The lowest BCUT2D eigenvalue weighted by Crippen LogP contribution is -2.07. The molecule has 2 rings (SSSR count). The van der Waals surface area contributed by atoms with Gasteiger partial charge >= 0.3 is 0 Å². The molecule has 4 nitrogen and oxygen atoms in total. The summed E-state index contributed by atoms with van der Waals surface area (Å²) in [4.78, 5) is 4.08. The summed E-state index contributed by atoms with van der Waals surface area (Å²) in [5.74, 6) is 0.769. The van der Waals surface area contributed by atoms with Crippen LogP contribution in [0.4, 0.5) is 11.4 Å². The molecule has 3 N–H and O–H groups in total. The lowest BCUT2D eigenvalue weighted by atomic mass is 10.2. The van der Waals surface area contributed by atoms with Crippen molar-refractivity contribution in [3.05, 3.63) is 48.3 Å². The smallest absolute Gasteiger partial charge is 0.121 e. The van der Waals surface area contributed by atoms with Crippen molar-refractivity contribution in [2.75, 3.05) is 24.7 Å². The number of hydrogen-bond donors (Lipinski definition) is 2. The van der Waals surface area contributed by atoms with E-state index in [4.69, 9.17) is 10.5 Å². The van der Waals surface area contributed by atoms with Gasteiger partial charge in [-0.15, -0.1) is 0 Å². The highest BCUT2D eigenvalue weighted by atomic mass is 16.5. The van der Waals surface area contributed by atoms with Gasteiger partial charge < -0.3 is 15.8 Å². The zero-order valence-electron chi connectivity index (χ0n) is 10.4. The third-order valence-electron chi connectivity index (χ3n) is 2.71. The zero-order valence-corrected chi connectivity index (χ0v) is 10.4. The van der Waals surface area contributed by atoms with Crippen LogP contribution in [0.15, 0.2) is 42.7 Å². The highest BCUT2D eigenvalue weighted by molar-refractivity contribution is 5.68. The third-order valence-corrected chi connectivity index (χ3v) is 2.71. The summed E-state index contributed by atoms with van der Waals surface area (Å²) >= 11 is 0. The molecule has 0 saturated carbocycles. The Balaban J connectivity index is 1.91. The number of hydrogen-bond acceptors (Lipinski definition) is 4. The van der Waals surface area contributed by atoms with Crippen molar-refractivity contribution in [2.24, 2.45) is 0 Å². The molecule has 0 bridgehead atoms. The molecule has 94 valence electrons. The van der Waals surface area contributed by atoms with Gasteiger partial charge in [-0.3, -0.25) is 4.98 Å². The van der Waals surface area contributed by atoms with Crippen LogP contribution in [0.5, 0.6) is 5.75 Å². The van der Waals surface area contributed by atoms with Crippen molar-refractivity contribution in [1.29, 1.82) is 0 Å². The Morgan fingerprint density at radius 3 is 2.89 bits per heavy atom. The van der Waals surface area contributed by atoms with E-state index in [0.717, 1.165) is 24.4 Å². The van der Waals surface area contributed by atoms with E-state index in [2.05, 4.69) is 16.4 Å². The second kappa shape index (κ2) is 5.91. The molecule has 0 radical (unpaired) electrons. The summed E-state index contributed by atoms with van der Waals surface area (Å²) in [7, 11) is 1.63. The number of aromatic nitrogens is 1. The molecule has 0 fully saturated rings. The fourth-order valence-corrected chi connectivity index (χ4v) is 1.72. The van der Waals surface area contributed by atoms with Crippen LogP contribution in [0.25, 0.3) is 0 Å². The van der Waals surface area contributed by atoms with Gasteiger partial charge in [-0.2, -0.15) is 0 Å². The number of rotatable bonds is 5. The van der Waals surface area contributed by atoms with Crippen molar-refractivity contribution in [3.63, 3.8) is 0 Å². The Bertz CT molecular complexity index is 500. The molecule has 1 aromatic carbocycles. The molecule has 0 aliphatic rings. The number of ether oxygens (including phenoxy) is 1. The average Bonchev–Trinajstić information content (AvgIpc) is 2.42. The molecule has 0 spiro atoms. The summed E-state index contributed by atoms with van der Waals surface area (Å²) in [6.07, 6.45) is 4.57. The molecule has 18 heavy (non-hydrogen) atoms. The Labute approximate surface area is 107 Å². The molecule has 4 heteroatoms. The summed E-state index contributed by atoms with van der Waals surface area (Å²) in [6.45, 7) is 0.822. The number of nitrogen functional groups attached to an aromatic ring is 1. The predicted octanol–water partition coefficient (Wildman–Crippen LogP) is 2.33. The van der Waals surface area contributed by atoms with E-state index in [1.54, 1.807) is 13.3 Å². The van der Waals surface area contributed by atoms with Crippen LogP contribution in [0.3, 0.4) is 0 Å². The molecule has 0 aliphatic heterocycles. The maximum atomic E-state index is 5.92. The van der Waals surface area contributed by atoms with Gasteiger partial charge in [0.1, 0.15) is 5.75 Å². The summed E-state index contributed by atoms with van der Waals surface area (Å²) in [5, 5.41) is 3.30. The van der Waals surface area contributed by atoms with E-state index in [1.807, 2.05) is 30.5 Å². The van der Waals surface area contributed by atoms with Crippen LogP contribution in [0, 0.1) is 0 Å². The number of anilines is 2. The lowest BCUT2D eigenvalue weighted by Gasteiger charge is -2.10. The maximum absolute atomic E-state index is 5.92. The first kappa shape index (κ1) is 12.2. The number of nitrogens with zero attached hydrogens (tertiary/aromatic N) is 1. The minimum absolute atomic E-state index is 0.695. The first-order valence-electron chi connectivity index (χ1n) is 5.86. The monoisotopic (exact) mass is 243 g/mol. The fourth-order valence-electron chi connectivity index (χ4n) is 1.72. The average molecular weight is 243 g/mol. The molecule has 0 saturated heterocycles. The minimum atomic E-state index is 0.695. The third kappa shape index (κ3) is 3.13. The summed E-state index contributed by atoms with van der Waals surface area (Å²) in [6, 6.07) is 9.63. The van der Waals surface area contributed by atoms with Crippen LogP contribution in [0.2, 0.25) is 0 Å². The molecule has 2 aromatic rings. The van der Waals surface area contributed by atoms with Crippen LogP contribution in [-0.2, 0) is 6.42 Å². The van der Waals surface area contributed by atoms with Crippen molar-refractivity contribution >= 4 is 11.4 Å². The van der Waals surface area contributed by atoms with Gasteiger partial charge in [-0.1, -0.05) is 6.07 Å². The molecule has 1 aromatic heterocycles. The van der Waals surface area contributed by atoms with Crippen molar-refractivity contribution in [3.8, 4) is 5.75 Å². The van der Waals surface area contributed by atoms with Gasteiger partial charge in [0.15, 0.2) is 0 Å². The van der Waals surface area contributed by atoms with Gasteiger partial charge in [0.25, 0.3) is 0 Å². The molecular weight excluding hydrogens is 226 g/mol. The number of methoxy groups -OCH3 is 1. The van der Waals surface area contributed by atoms with E-state index >= 15 is 0 Å². The first-order valence-corrected chi connectivity index (χ1v) is 5.86. The standard InChI is InChI=1S/C14H17N3O/c1-18-12-4-5-14(13(15)9-12)17-8-6-11-3-2-7-16-10-11/h2-5,7,9-10,17H,6,8,15H2,1H3. The molecule has 0 unspecified atom stereocenters. The Kier molecular flexibility index (Phi) is 4.02. The number of benzene rings is 1. The lowest BCUT2D eigenvalue weighted by molar-refractivity contribution is 0.415. The second-order valence-electron chi connectivity index (χ2n) is 3.99. The molecule has 0 amide bonds. The number of pyridine rings is 1. The topological polar surface area (TPSA) is 60.2 Å². The van der Waals surface area contributed by atoms with Gasteiger partial charge in [0.2, 0.25) is 0 Å². The Hall–Kier alpha value is -2.23. The van der Waals surface area contributed by atoms with Gasteiger partial charge in [-0.05, 0) is 30.2 Å². The molecule has 0 atom stereocenters. The van der Waals surface area contributed by atoms with E-state index in [-0.39, 0.29) is 0 Å². The van der Waals surface area contributed by atoms with Crippen LogP contribution >= 0.6 is 0 Å². The second-order valence-corrected chi connectivity index (χ2v) is 3.99. The normalized spacial score (nSPS) is 10.1. The van der Waals surface area contributed by atoms with Crippen molar-refractivity contribution in [2.45, 2.75) is 6.42 Å². The SMILES string of the molecule is COc1ccc(NCCc2cccnc2)c(N)c1. The number of nitrogens with two attached hydrogens (primary N) is 1. The maximum Gasteiger partial charge on any atom is 0.121 e. The van der Waals surface area contributed by atoms with Gasteiger partial charge in [0.05, 0.1) is 18.5 Å². The van der Waals surface area contributed by atoms with Gasteiger partial charge in [0, 0.05) is 25.0 Å². The van der Waals surface area contributed by atoms with E-state index in [9.17, 15) is 0 Å². The summed E-state index contributed by atoms with van der Waals surface area (Å²) < 4.78 is 5.11. The largest absolute Gasteiger partial charge is 0.497 e. The Morgan fingerprint density at radius 1 is 1.33 bits per heavy atom. The van der Waals surface area contributed by atoms with Crippen molar-refractivity contribution < 1.29 is 4.74 Å². The first-order chi connectivity index (χ1) is 8.79. The van der Waals surface area contributed by atoms with Crippen LogP contribution < -0.4 is 15.8 Å². The molecule has 0 aliphatic carbocycles. The van der Waals surface area contributed by atoms with Crippen molar-refractivity contribution in [1.82, 2.24) is 4.98 Å². The summed E-state index contributed by atoms with van der Waals surface area (Å²) in [5.41, 5.74) is 8.75. The highest BCUT2D eigenvalue weighted by Gasteiger charge is 2.00. The Morgan fingerprint density at radius 2 is 2.22 bits per heavy atom. The molecular formula is C14H17N3O.